The molecule has 6 atom stereocenters. The zero-order chi connectivity index (χ0) is 18.5. The fraction of sp³-hybridized carbons (Fsp3) is 0.773. The lowest BCUT2D eigenvalue weighted by molar-refractivity contribution is -0.124. The number of aliphatic hydroxyl groups excluding tert-OH is 1. The van der Waals surface area contributed by atoms with Crippen LogP contribution < -0.4 is 5.73 Å². The molecule has 4 nitrogen and oxygen atoms in total. The van der Waals surface area contributed by atoms with Gasteiger partial charge in [-0.2, -0.15) is 0 Å². The minimum Gasteiger partial charge on any atom is -0.389 e. The summed E-state index contributed by atoms with van der Waals surface area (Å²) in [5.41, 5.74) is 5.77. The van der Waals surface area contributed by atoms with Crippen LogP contribution in [0.4, 0.5) is 0 Å². The van der Waals surface area contributed by atoms with E-state index in [1.54, 1.807) is 0 Å². The van der Waals surface area contributed by atoms with E-state index in [4.69, 9.17) is 10.5 Å². The summed E-state index contributed by atoms with van der Waals surface area (Å²) in [6.07, 6.45) is 17.9. The van der Waals surface area contributed by atoms with Crippen molar-refractivity contribution in [2.45, 2.75) is 83.0 Å². The molecule has 2 aliphatic heterocycles. The van der Waals surface area contributed by atoms with Crippen molar-refractivity contribution in [3.05, 3.63) is 24.3 Å². The summed E-state index contributed by atoms with van der Waals surface area (Å²) in [5, 5.41) is 10.4. The van der Waals surface area contributed by atoms with E-state index >= 15 is 0 Å². The number of primary amides is 1. The molecule has 4 heteroatoms. The highest BCUT2D eigenvalue weighted by molar-refractivity contribution is 5.77. The van der Waals surface area contributed by atoms with Gasteiger partial charge in [-0.15, -0.1) is 0 Å². The number of aliphatic hydroxyl groups is 1. The van der Waals surface area contributed by atoms with Gasteiger partial charge in [0, 0.05) is 17.8 Å². The maximum absolute atomic E-state index is 12.1. The Bertz CT molecular complexity index is 523. The van der Waals surface area contributed by atoms with Crippen LogP contribution in [-0.2, 0) is 9.53 Å². The summed E-state index contributed by atoms with van der Waals surface area (Å²) in [5.74, 6) is 0.672. The zero-order valence-electron chi connectivity index (χ0n) is 16.1. The van der Waals surface area contributed by atoms with Gasteiger partial charge in [-0.3, -0.25) is 4.79 Å². The number of carbonyl (C=O) groups is 1. The molecule has 2 heterocycles. The number of hydrogen-bond acceptors (Lipinski definition) is 3. The molecule has 3 rings (SSSR count). The van der Waals surface area contributed by atoms with Gasteiger partial charge in [-0.25, -0.2) is 0 Å². The largest absolute Gasteiger partial charge is 0.389 e. The molecule has 1 saturated carbocycles. The average Bonchev–Trinajstić information content (AvgIpc) is 3.34. The molecular formula is C22H35NO3. The van der Waals surface area contributed by atoms with Gasteiger partial charge in [-0.05, 0) is 44.9 Å². The molecule has 146 valence electrons. The predicted molar refractivity (Wildman–Crippen MR) is 103 cm³/mol. The number of carbonyl (C=O) groups excluding carboxylic acids is 1. The fourth-order valence-corrected chi connectivity index (χ4v) is 5.42. The van der Waals surface area contributed by atoms with Crippen LogP contribution in [0.1, 0.15) is 64.7 Å². The van der Waals surface area contributed by atoms with Crippen molar-refractivity contribution in [1.29, 1.82) is 0 Å². The minimum atomic E-state index is -0.382. The monoisotopic (exact) mass is 361 g/mol. The highest BCUT2D eigenvalue weighted by atomic mass is 16.5. The standard InChI is InChI=1S/C22H35NO3/c1-2-3-4-9-18(22(23)25)21-17(19-12-13-20(21)26-19)11-10-16(24)14-15-7-5-6-8-15/h2-3,10-11,15-21,24H,4-9,12-14H2,1H3,(H2,23,25). The van der Waals surface area contributed by atoms with E-state index in [2.05, 4.69) is 12.2 Å². The van der Waals surface area contributed by atoms with Crippen molar-refractivity contribution >= 4 is 5.91 Å². The lowest BCUT2D eigenvalue weighted by Gasteiger charge is -2.31. The zero-order valence-corrected chi connectivity index (χ0v) is 16.1. The molecule has 2 bridgehead atoms. The highest BCUT2D eigenvalue weighted by Gasteiger charge is 2.51. The summed E-state index contributed by atoms with van der Waals surface area (Å²) < 4.78 is 6.14. The molecule has 0 aromatic rings. The second-order valence-electron chi connectivity index (χ2n) is 8.44. The Kier molecular flexibility index (Phi) is 6.93. The molecule has 1 amide bonds. The van der Waals surface area contributed by atoms with E-state index in [0.717, 1.165) is 32.1 Å². The molecule has 1 aliphatic carbocycles. The molecule has 3 aliphatic rings. The fourth-order valence-electron chi connectivity index (χ4n) is 5.42. The number of allylic oxidation sites excluding steroid dienone is 2. The van der Waals surface area contributed by atoms with E-state index in [-0.39, 0.29) is 42.0 Å². The van der Waals surface area contributed by atoms with Gasteiger partial charge in [-0.1, -0.05) is 50.0 Å². The van der Waals surface area contributed by atoms with Crippen molar-refractivity contribution in [3.63, 3.8) is 0 Å². The molecular weight excluding hydrogens is 326 g/mol. The lowest BCUT2D eigenvalue weighted by atomic mass is 9.70. The third-order valence-corrected chi connectivity index (χ3v) is 6.70. The van der Waals surface area contributed by atoms with Gasteiger partial charge in [0.2, 0.25) is 5.91 Å². The Morgan fingerprint density at radius 1 is 1.23 bits per heavy atom. The minimum absolute atomic E-state index is 0.143. The van der Waals surface area contributed by atoms with E-state index in [9.17, 15) is 9.90 Å². The number of hydrogen-bond donors (Lipinski definition) is 2. The third-order valence-electron chi connectivity index (χ3n) is 6.70. The summed E-state index contributed by atoms with van der Waals surface area (Å²) in [7, 11) is 0. The summed E-state index contributed by atoms with van der Waals surface area (Å²) in [6, 6.07) is 0. The Balaban J connectivity index is 1.65. The van der Waals surface area contributed by atoms with Crippen LogP contribution in [0, 0.1) is 23.7 Å². The van der Waals surface area contributed by atoms with Crippen LogP contribution in [-0.4, -0.2) is 29.3 Å². The van der Waals surface area contributed by atoms with Crippen LogP contribution in [0.5, 0.6) is 0 Å². The molecule has 6 unspecified atom stereocenters. The van der Waals surface area contributed by atoms with Crippen LogP contribution in [0.15, 0.2) is 24.3 Å². The Hall–Kier alpha value is -1.13. The second kappa shape index (κ2) is 9.18. The number of rotatable bonds is 9. The van der Waals surface area contributed by atoms with Gasteiger partial charge >= 0.3 is 0 Å². The van der Waals surface area contributed by atoms with Gasteiger partial charge < -0.3 is 15.6 Å². The molecule has 0 aromatic heterocycles. The summed E-state index contributed by atoms with van der Waals surface area (Å²) >= 11 is 0. The topological polar surface area (TPSA) is 72.6 Å². The summed E-state index contributed by atoms with van der Waals surface area (Å²) in [4.78, 5) is 12.1. The van der Waals surface area contributed by atoms with Gasteiger partial charge in [0.1, 0.15) is 0 Å². The molecule has 2 saturated heterocycles. The second-order valence-corrected chi connectivity index (χ2v) is 8.44. The van der Waals surface area contributed by atoms with Crippen molar-refractivity contribution in [2.24, 2.45) is 29.4 Å². The molecule has 0 aromatic carbocycles. The molecule has 26 heavy (non-hydrogen) atoms. The number of fused-ring (bicyclic) bond motifs is 2. The lowest BCUT2D eigenvalue weighted by Crippen LogP contribution is -2.39. The van der Waals surface area contributed by atoms with Gasteiger partial charge in [0.05, 0.1) is 18.3 Å². The maximum atomic E-state index is 12.1. The van der Waals surface area contributed by atoms with Crippen LogP contribution in [0.3, 0.4) is 0 Å². The van der Waals surface area contributed by atoms with Crippen LogP contribution >= 0.6 is 0 Å². The van der Waals surface area contributed by atoms with Crippen LogP contribution in [0.2, 0.25) is 0 Å². The van der Waals surface area contributed by atoms with Crippen molar-refractivity contribution in [3.8, 4) is 0 Å². The van der Waals surface area contributed by atoms with Crippen LogP contribution in [0.25, 0.3) is 0 Å². The van der Waals surface area contributed by atoms with E-state index in [1.807, 2.05) is 19.1 Å². The third kappa shape index (κ3) is 4.58. The Morgan fingerprint density at radius 3 is 2.65 bits per heavy atom. The highest BCUT2D eigenvalue weighted by Crippen LogP contribution is 2.48. The molecule has 0 radical (unpaired) electrons. The first-order chi connectivity index (χ1) is 12.6. The summed E-state index contributed by atoms with van der Waals surface area (Å²) in [6.45, 7) is 2.00. The molecule has 3 fully saturated rings. The first-order valence-corrected chi connectivity index (χ1v) is 10.5. The number of ether oxygens (including phenoxy) is 1. The Labute approximate surface area is 157 Å². The van der Waals surface area contributed by atoms with E-state index < -0.39 is 0 Å². The van der Waals surface area contributed by atoms with Gasteiger partial charge in [0.25, 0.3) is 0 Å². The van der Waals surface area contributed by atoms with Crippen molar-refractivity contribution in [1.82, 2.24) is 0 Å². The number of amides is 1. The normalized spacial score (nSPS) is 34.2. The first-order valence-electron chi connectivity index (χ1n) is 10.5. The number of nitrogens with two attached hydrogens (primary N) is 1. The quantitative estimate of drug-likeness (QED) is 0.615. The predicted octanol–water partition coefficient (Wildman–Crippen LogP) is 3.74. The van der Waals surface area contributed by atoms with Gasteiger partial charge in [0.15, 0.2) is 0 Å². The maximum Gasteiger partial charge on any atom is 0.220 e. The average molecular weight is 362 g/mol. The van der Waals surface area contributed by atoms with E-state index in [1.165, 1.54) is 25.7 Å². The van der Waals surface area contributed by atoms with Crippen molar-refractivity contribution < 1.29 is 14.6 Å². The molecule has 3 N–H and O–H groups in total. The van der Waals surface area contributed by atoms with Crippen molar-refractivity contribution in [2.75, 3.05) is 0 Å². The first kappa shape index (κ1) is 19.6. The SMILES string of the molecule is CC=CCCC(C(N)=O)C1C2CCC(O2)C1C=CC(O)CC1CCCC1. The van der Waals surface area contributed by atoms with E-state index in [0.29, 0.717) is 5.92 Å². The Morgan fingerprint density at radius 2 is 1.96 bits per heavy atom. The molecule has 0 spiro atoms. The smallest absolute Gasteiger partial charge is 0.220 e.